The van der Waals surface area contributed by atoms with Gasteiger partial charge in [-0.3, -0.25) is 0 Å². The summed E-state index contributed by atoms with van der Waals surface area (Å²) >= 11 is 5.43. The molecule has 14 heavy (non-hydrogen) atoms. The minimum Gasteiger partial charge on any atom is -0.478 e. The van der Waals surface area contributed by atoms with Gasteiger partial charge in [0.1, 0.15) is 5.15 Å². The van der Waals surface area contributed by atoms with Gasteiger partial charge in [-0.2, -0.15) is 0 Å². The Bertz CT molecular complexity index is 310. The topological polar surface area (TPSA) is 103 Å². The van der Waals surface area contributed by atoms with Crippen molar-refractivity contribution in [2.45, 2.75) is 0 Å². The molecule has 1 aromatic rings. The van der Waals surface area contributed by atoms with E-state index in [1.165, 1.54) is 18.3 Å². The molecule has 70 valence electrons. The van der Waals surface area contributed by atoms with Crippen molar-refractivity contribution in [3.8, 4) is 0 Å². The fourth-order valence-corrected chi connectivity index (χ4v) is 0.746. The zero-order valence-corrected chi connectivity index (χ0v) is 11.1. The monoisotopic (exact) mass is 242 g/mol. The summed E-state index contributed by atoms with van der Waals surface area (Å²) in [6.07, 6.45) is 1.44. The second-order valence-electron chi connectivity index (χ2n) is 1.72. The number of carbonyl (C=O) groups is 1. The van der Waals surface area contributed by atoms with Gasteiger partial charge in [0.05, 0.1) is 5.56 Å². The maximum absolute atomic E-state index is 10.3. The Morgan fingerprint density at radius 3 is 2.43 bits per heavy atom. The van der Waals surface area contributed by atoms with E-state index in [1.54, 1.807) is 0 Å². The van der Waals surface area contributed by atoms with Gasteiger partial charge in [-0.05, 0) is 12.1 Å². The number of carboxylic acids is 1. The van der Waals surface area contributed by atoms with Gasteiger partial charge in [-0.1, -0.05) is 11.6 Å². The van der Waals surface area contributed by atoms with Crippen LogP contribution in [0.1, 0.15) is 10.4 Å². The van der Waals surface area contributed by atoms with Crippen molar-refractivity contribution in [1.82, 2.24) is 4.98 Å². The van der Waals surface area contributed by atoms with Crippen LogP contribution in [-0.2, 0) is 0 Å². The maximum atomic E-state index is 10.3. The number of hydrogen-bond acceptors (Lipinski definition) is 5. The summed E-state index contributed by atoms with van der Waals surface area (Å²) in [7, 11) is 0. The van der Waals surface area contributed by atoms with Gasteiger partial charge in [0.15, 0.2) is 0 Å². The summed E-state index contributed by atoms with van der Waals surface area (Å²) in [6.45, 7) is 0. The first-order valence-corrected chi connectivity index (χ1v) is 3.30. The molecular weight excluding hydrogens is 239 g/mol. The van der Waals surface area contributed by atoms with Crippen LogP contribution in [0, 0.1) is 10.1 Å². The van der Waals surface area contributed by atoms with Crippen molar-refractivity contribution in [2.24, 2.45) is 5.34 Å². The second kappa shape index (κ2) is 9.50. The first-order chi connectivity index (χ1) is 6.13. The Balaban J connectivity index is 0. The summed E-state index contributed by atoms with van der Waals surface area (Å²) < 4.78 is 0. The summed E-state index contributed by atoms with van der Waals surface area (Å²) in [5, 5.41) is 17.5. The van der Waals surface area contributed by atoms with E-state index in [2.05, 4.69) is 4.98 Å². The van der Waals surface area contributed by atoms with Gasteiger partial charge in [0.25, 0.3) is 0 Å². The van der Waals surface area contributed by atoms with E-state index in [1.807, 2.05) is 0 Å². The number of rotatable bonds is 1. The molecule has 0 saturated carbocycles. The van der Waals surface area contributed by atoms with E-state index in [9.17, 15) is 4.79 Å². The first-order valence-electron chi connectivity index (χ1n) is 2.92. The SMILES string of the molecule is O=C(O)c1cccnc1Cl.O=N[O-].[K+]. The largest absolute Gasteiger partial charge is 1.00 e. The Morgan fingerprint density at radius 1 is 1.64 bits per heavy atom. The second-order valence-corrected chi connectivity index (χ2v) is 2.08. The van der Waals surface area contributed by atoms with Gasteiger partial charge in [0.2, 0.25) is 0 Å². The van der Waals surface area contributed by atoms with E-state index in [0.717, 1.165) is 5.34 Å². The van der Waals surface area contributed by atoms with E-state index in [0.29, 0.717) is 0 Å². The van der Waals surface area contributed by atoms with Crippen molar-refractivity contribution in [1.29, 1.82) is 0 Å². The fourth-order valence-electron chi connectivity index (χ4n) is 0.546. The molecule has 0 aliphatic rings. The standard InChI is InChI=1S/C6H4ClNO2.K.HNO2/c7-5-4(6(9)10)2-1-3-8-5;;2-1-3/h1-3H,(H,9,10);;(H,2,3)/q;+1;/p-1. The zero-order chi connectivity index (χ0) is 10.3. The van der Waals surface area contributed by atoms with Gasteiger partial charge in [0, 0.05) is 6.20 Å². The number of pyridine rings is 1. The molecule has 0 saturated heterocycles. The quantitative estimate of drug-likeness (QED) is 0.285. The van der Waals surface area contributed by atoms with Crippen molar-refractivity contribution >= 4 is 17.6 Å². The molecule has 1 heterocycles. The molecule has 0 atom stereocenters. The maximum Gasteiger partial charge on any atom is 1.00 e. The van der Waals surface area contributed by atoms with Gasteiger partial charge >= 0.3 is 57.4 Å². The predicted molar refractivity (Wildman–Crippen MR) is 45.4 cm³/mol. The van der Waals surface area contributed by atoms with Crippen LogP contribution in [0.2, 0.25) is 5.15 Å². The third-order valence-corrected chi connectivity index (χ3v) is 1.29. The van der Waals surface area contributed by atoms with Crippen LogP contribution >= 0.6 is 11.6 Å². The van der Waals surface area contributed by atoms with Crippen molar-refractivity contribution in [3.63, 3.8) is 0 Å². The molecule has 0 radical (unpaired) electrons. The summed E-state index contributed by atoms with van der Waals surface area (Å²) in [5.74, 6) is -1.06. The number of aromatic carboxylic acids is 1. The van der Waals surface area contributed by atoms with Crippen molar-refractivity contribution < 1.29 is 61.3 Å². The first kappa shape index (κ1) is 16.4. The van der Waals surface area contributed by atoms with Crippen LogP contribution < -0.4 is 51.4 Å². The third kappa shape index (κ3) is 6.41. The number of nitrogens with zero attached hydrogens (tertiary/aromatic N) is 2. The minimum atomic E-state index is -1.06. The minimum absolute atomic E-state index is 0. The van der Waals surface area contributed by atoms with Crippen molar-refractivity contribution in [3.05, 3.63) is 39.2 Å². The summed E-state index contributed by atoms with van der Waals surface area (Å²) in [6, 6.07) is 2.92. The molecule has 0 spiro atoms. The summed E-state index contributed by atoms with van der Waals surface area (Å²) in [5.41, 5.74) is 0.0316. The number of hydrogen-bond donors (Lipinski definition) is 1. The van der Waals surface area contributed by atoms with E-state index < -0.39 is 5.97 Å². The smallest absolute Gasteiger partial charge is 0.478 e. The average molecular weight is 243 g/mol. The Kier molecular flexibility index (Phi) is 11.1. The number of halogens is 1. The molecule has 8 heteroatoms. The molecule has 0 unspecified atom stereocenters. The van der Waals surface area contributed by atoms with Gasteiger partial charge in [-0.25, -0.2) is 9.78 Å². The van der Waals surface area contributed by atoms with Crippen LogP contribution in [0.15, 0.2) is 23.7 Å². The predicted octanol–water partition coefficient (Wildman–Crippen LogP) is -1.31. The van der Waals surface area contributed by atoms with Crippen LogP contribution in [0.5, 0.6) is 0 Å². The molecule has 0 bridgehead atoms. The molecule has 0 aliphatic carbocycles. The Labute approximate surface area is 127 Å². The Hall–Kier alpha value is -0.0536. The van der Waals surface area contributed by atoms with E-state index in [4.69, 9.17) is 26.8 Å². The van der Waals surface area contributed by atoms with Crippen LogP contribution in [-0.4, -0.2) is 16.1 Å². The van der Waals surface area contributed by atoms with Crippen molar-refractivity contribution in [2.75, 3.05) is 0 Å². The molecule has 1 aromatic heterocycles. The molecular formula is C6H4ClKN2O4. The molecule has 0 amide bonds. The normalized spacial score (nSPS) is 7.50. The van der Waals surface area contributed by atoms with Crippen LogP contribution in [0.4, 0.5) is 0 Å². The molecule has 6 nitrogen and oxygen atoms in total. The third-order valence-electron chi connectivity index (χ3n) is 0.989. The molecule has 1 N–H and O–H groups in total. The van der Waals surface area contributed by atoms with E-state index in [-0.39, 0.29) is 62.1 Å². The molecule has 1 rings (SSSR count). The molecule has 0 aliphatic heterocycles. The average Bonchev–Trinajstić information content (AvgIpc) is 2.06. The fraction of sp³-hybridized carbons (Fsp3) is 0. The van der Waals surface area contributed by atoms with Crippen LogP contribution in [0.25, 0.3) is 0 Å². The van der Waals surface area contributed by atoms with Gasteiger partial charge in [-0.15, -0.1) is 5.34 Å². The molecule has 0 fully saturated rings. The zero-order valence-electron chi connectivity index (χ0n) is 7.18. The summed E-state index contributed by atoms with van der Waals surface area (Å²) in [4.78, 5) is 21.9. The van der Waals surface area contributed by atoms with Gasteiger partial charge < -0.3 is 15.2 Å². The van der Waals surface area contributed by atoms with Crippen LogP contribution in [0.3, 0.4) is 0 Å². The van der Waals surface area contributed by atoms with E-state index >= 15 is 0 Å². The number of aromatic nitrogens is 1. The number of carboxylic acid groups (broad SMARTS) is 1. The Morgan fingerprint density at radius 2 is 2.14 bits per heavy atom. The molecule has 0 aromatic carbocycles.